The van der Waals surface area contributed by atoms with Crippen LogP contribution in [-0.2, 0) is 24.2 Å². The van der Waals surface area contributed by atoms with Crippen molar-refractivity contribution in [2.75, 3.05) is 6.26 Å². The lowest BCUT2D eigenvalue weighted by Gasteiger charge is -2.34. The molecule has 0 bridgehead atoms. The number of hydrogen-bond acceptors (Lipinski definition) is 4. The molecular formula is C23H25N3O2S. The minimum absolute atomic E-state index is 0.00685. The summed E-state index contributed by atoms with van der Waals surface area (Å²) in [7, 11) is 0. The molecule has 5 nitrogen and oxygen atoms in total. The summed E-state index contributed by atoms with van der Waals surface area (Å²) in [5, 5.41) is 0. The van der Waals surface area contributed by atoms with Gasteiger partial charge in [-0.15, -0.1) is 4.72 Å². The molecule has 6 heteroatoms. The molecule has 29 heavy (non-hydrogen) atoms. The zero-order chi connectivity index (χ0) is 20.4. The second-order valence-electron chi connectivity index (χ2n) is 7.59. The van der Waals surface area contributed by atoms with E-state index in [0.717, 1.165) is 28.9 Å². The van der Waals surface area contributed by atoms with Gasteiger partial charge in [0.25, 0.3) is 5.56 Å². The summed E-state index contributed by atoms with van der Waals surface area (Å²) < 4.78 is 16.9. The van der Waals surface area contributed by atoms with E-state index in [9.17, 15) is 9.35 Å². The van der Waals surface area contributed by atoms with Gasteiger partial charge in [-0.3, -0.25) is 9.36 Å². The van der Waals surface area contributed by atoms with E-state index in [4.69, 9.17) is 0 Å². The molecule has 3 aromatic rings. The highest BCUT2D eigenvalue weighted by atomic mass is 32.2. The highest BCUT2D eigenvalue weighted by molar-refractivity contribution is 7.88. The first-order chi connectivity index (χ1) is 14.0. The predicted octanol–water partition coefficient (Wildman–Crippen LogP) is 3.20. The summed E-state index contributed by atoms with van der Waals surface area (Å²) in [6.45, 7) is 1.80. The average molecular weight is 408 g/mol. The van der Waals surface area contributed by atoms with Crippen molar-refractivity contribution in [3.8, 4) is 11.1 Å². The molecule has 2 aromatic carbocycles. The second kappa shape index (κ2) is 8.53. The molecule has 3 atom stereocenters. The van der Waals surface area contributed by atoms with Crippen molar-refractivity contribution in [3.63, 3.8) is 0 Å². The minimum atomic E-state index is -1.15. The van der Waals surface area contributed by atoms with Crippen molar-refractivity contribution in [1.29, 1.82) is 0 Å². The molecular weight excluding hydrogens is 382 g/mol. The fourth-order valence-electron chi connectivity index (χ4n) is 4.11. The number of rotatable bonds is 5. The maximum atomic E-state index is 13.0. The van der Waals surface area contributed by atoms with Gasteiger partial charge in [0.05, 0.1) is 12.1 Å². The normalized spacial score (nSPS) is 19.6. The monoisotopic (exact) mass is 407 g/mol. The van der Waals surface area contributed by atoms with Crippen molar-refractivity contribution in [2.24, 2.45) is 0 Å². The molecule has 0 fully saturated rings. The van der Waals surface area contributed by atoms with Crippen LogP contribution in [0.25, 0.3) is 11.1 Å². The maximum absolute atomic E-state index is 13.0. The van der Waals surface area contributed by atoms with Crippen LogP contribution in [0.2, 0.25) is 0 Å². The number of hydrogen-bond donors (Lipinski definition) is 1. The average Bonchev–Trinajstić information content (AvgIpc) is 2.73. The summed E-state index contributed by atoms with van der Waals surface area (Å²) in [6.07, 6.45) is 5.48. The third kappa shape index (κ3) is 4.29. The number of nitrogens with zero attached hydrogens (tertiary/aromatic N) is 2. The van der Waals surface area contributed by atoms with Crippen LogP contribution < -0.4 is 10.3 Å². The summed E-state index contributed by atoms with van der Waals surface area (Å²) >= 11 is -1.15. The Morgan fingerprint density at radius 1 is 1.17 bits per heavy atom. The van der Waals surface area contributed by atoms with Crippen molar-refractivity contribution in [1.82, 2.24) is 14.3 Å². The third-order valence-corrected chi connectivity index (χ3v) is 6.15. The molecule has 1 N–H and O–H groups in total. The first-order valence-corrected chi connectivity index (χ1v) is 11.4. The Balaban J connectivity index is 1.72. The Labute approximate surface area is 174 Å². The maximum Gasteiger partial charge on any atom is 0.256 e. The first-order valence-electron chi connectivity index (χ1n) is 9.84. The number of fused-ring (bicyclic) bond motifs is 1. The highest BCUT2D eigenvalue weighted by Crippen LogP contribution is 2.28. The van der Waals surface area contributed by atoms with Crippen LogP contribution in [0.5, 0.6) is 0 Å². The Bertz CT molecular complexity index is 1050. The molecule has 1 aliphatic rings. The molecule has 1 aliphatic heterocycles. The lowest BCUT2D eigenvalue weighted by atomic mass is 9.91. The van der Waals surface area contributed by atoms with Crippen LogP contribution in [0.15, 0.2) is 65.6 Å². The van der Waals surface area contributed by atoms with Gasteiger partial charge in [-0.1, -0.05) is 54.6 Å². The zero-order valence-corrected chi connectivity index (χ0v) is 17.5. The summed E-state index contributed by atoms with van der Waals surface area (Å²) in [5.74, 6) is 0.810. The molecule has 4 rings (SSSR count). The number of aromatic nitrogens is 2. The minimum Gasteiger partial charge on any atom is -0.598 e. The lowest BCUT2D eigenvalue weighted by molar-refractivity contribution is 0.307. The van der Waals surface area contributed by atoms with Crippen molar-refractivity contribution in [2.45, 2.75) is 38.3 Å². The SMILES string of the molecule is Cc1cnc2n(c1=O)C(Cc1cccc(-c3ccccc3)c1)C(N[S+](C)[O-])CC2. The molecule has 2 heterocycles. The molecule has 0 amide bonds. The van der Waals surface area contributed by atoms with Crippen LogP contribution >= 0.6 is 0 Å². The molecule has 150 valence electrons. The number of aryl methyl sites for hydroxylation is 2. The van der Waals surface area contributed by atoms with Crippen LogP contribution in [-0.4, -0.2) is 26.4 Å². The molecule has 0 radical (unpaired) electrons. The van der Waals surface area contributed by atoms with Crippen molar-refractivity contribution >= 4 is 11.4 Å². The summed E-state index contributed by atoms with van der Waals surface area (Å²) in [5.41, 5.74) is 4.09. The van der Waals surface area contributed by atoms with Gasteiger partial charge >= 0.3 is 0 Å². The summed E-state index contributed by atoms with van der Waals surface area (Å²) in [4.78, 5) is 17.5. The van der Waals surface area contributed by atoms with E-state index in [1.165, 1.54) is 0 Å². The van der Waals surface area contributed by atoms with E-state index in [2.05, 4.69) is 46.1 Å². The Morgan fingerprint density at radius 3 is 2.69 bits per heavy atom. The van der Waals surface area contributed by atoms with Gasteiger partial charge in [0, 0.05) is 29.5 Å². The van der Waals surface area contributed by atoms with Gasteiger partial charge in [0.1, 0.15) is 12.1 Å². The number of nitrogens with one attached hydrogen (secondary N) is 1. The quantitative estimate of drug-likeness (QED) is 0.660. The molecule has 1 aromatic heterocycles. The first kappa shape index (κ1) is 19.9. The second-order valence-corrected chi connectivity index (χ2v) is 8.73. The van der Waals surface area contributed by atoms with Gasteiger partial charge in [-0.25, -0.2) is 4.98 Å². The topological polar surface area (TPSA) is 70.0 Å². The molecule has 3 unspecified atom stereocenters. The Morgan fingerprint density at radius 2 is 1.93 bits per heavy atom. The highest BCUT2D eigenvalue weighted by Gasteiger charge is 2.33. The van der Waals surface area contributed by atoms with Crippen LogP contribution in [0.4, 0.5) is 0 Å². The van der Waals surface area contributed by atoms with Gasteiger partial charge in [-0.05, 0) is 36.5 Å². The molecule has 0 aliphatic carbocycles. The standard InChI is InChI=1S/C23H25N3O2S/c1-16-15-24-22-12-11-20(25-29(2)28)21(26(22)23(16)27)14-17-7-6-10-19(13-17)18-8-4-3-5-9-18/h3-10,13,15,20-21,25H,11-12,14H2,1-2H3. The van der Waals surface area contributed by atoms with E-state index in [1.54, 1.807) is 19.4 Å². The molecule has 0 saturated carbocycles. The van der Waals surface area contributed by atoms with Crippen LogP contribution in [0.1, 0.15) is 29.4 Å². The van der Waals surface area contributed by atoms with Gasteiger partial charge in [-0.2, -0.15) is 0 Å². The Hall–Kier alpha value is -2.41. The zero-order valence-electron chi connectivity index (χ0n) is 16.7. The van der Waals surface area contributed by atoms with E-state index in [0.29, 0.717) is 18.4 Å². The Kier molecular flexibility index (Phi) is 5.85. The van der Waals surface area contributed by atoms with Crippen LogP contribution in [0.3, 0.4) is 0 Å². The van der Waals surface area contributed by atoms with Gasteiger partial charge in [0.15, 0.2) is 0 Å². The molecule has 0 saturated heterocycles. The smallest absolute Gasteiger partial charge is 0.256 e. The molecule has 0 spiro atoms. The van der Waals surface area contributed by atoms with E-state index in [-0.39, 0.29) is 17.6 Å². The van der Waals surface area contributed by atoms with E-state index < -0.39 is 11.4 Å². The van der Waals surface area contributed by atoms with E-state index >= 15 is 0 Å². The summed E-state index contributed by atoms with van der Waals surface area (Å²) in [6, 6.07) is 18.5. The van der Waals surface area contributed by atoms with Crippen LogP contribution in [0, 0.1) is 6.92 Å². The largest absolute Gasteiger partial charge is 0.598 e. The van der Waals surface area contributed by atoms with Gasteiger partial charge < -0.3 is 4.55 Å². The fraction of sp³-hybridized carbons (Fsp3) is 0.304. The third-order valence-electron chi connectivity index (χ3n) is 5.51. The van der Waals surface area contributed by atoms with Crippen molar-refractivity contribution in [3.05, 3.63) is 88.1 Å². The lowest BCUT2D eigenvalue weighted by Crippen LogP contribution is -2.49. The fourth-order valence-corrected chi connectivity index (χ4v) is 4.82. The van der Waals surface area contributed by atoms with Gasteiger partial charge in [0.2, 0.25) is 0 Å². The van der Waals surface area contributed by atoms with E-state index in [1.807, 2.05) is 22.8 Å². The predicted molar refractivity (Wildman–Crippen MR) is 117 cm³/mol. The van der Waals surface area contributed by atoms with Crippen molar-refractivity contribution < 1.29 is 4.55 Å². The number of benzene rings is 2.